The topological polar surface area (TPSA) is 59.4 Å². The number of nitrogens with two attached hydrogens (primary N) is 1. The van der Waals surface area contributed by atoms with Crippen LogP contribution in [0.5, 0.6) is 0 Å². The van der Waals surface area contributed by atoms with Crippen molar-refractivity contribution in [3.05, 3.63) is 53.9 Å². The molecule has 0 spiro atoms. The van der Waals surface area contributed by atoms with E-state index in [4.69, 9.17) is 5.73 Å². The number of benzene rings is 1. The van der Waals surface area contributed by atoms with Crippen molar-refractivity contribution in [2.45, 2.75) is 32.9 Å². The number of hydrogen-bond acceptors (Lipinski definition) is 2. The first-order valence-electron chi connectivity index (χ1n) is 8.31. The van der Waals surface area contributed by atoms with Crippen LogP contribution in [-0.4, -0.2) is 33.7 Å². The van der Waals surface area contributed by atoms with Gasteiger partial charge in [-0.1, -0.05) is 31.2 Å². The molecule has 0 unspecified atom stereocenters. The van der Waals surface area contributed by atoms with E-state index in [2.05, 4.69) is 46.2 Å². The third-order valence-electron chi connectivity index (χ3n) is 4.53. The Hall–Kier alpha value is -1.57. The number of piperidine rings is 1. The van der Waals surface area contributed by atoms with Gasteiger partial charge in [0.15, 0.2) is 5.96 Å². The number of nitrogens with zero attached hydrogens (tertiary/aromatic N) is 4. The van der Waals surface area contributed by atoms with Gasteiger partial charge in [0.25, 0.3) is 0 Å². The molecule has 1 aromatic carbocycles. The second-order valence-corrected chi connectivity index (χ2v) is 6.32. The number of likely N-dealkylation sites (tertiary alicyclic amines) is 1. The maximum Gasteiger partial charge on any atom is 0.191 e. The van der Waals surface area contributed by atoms with Gasteiger partial charge in [0, 0.05) is 25.5 Å². The largest absolute Gasteiger partial charge is 0.370 e. The third-order valence-corrected chi connectivity index (χ3v) is 4.53. The minimum atomic E-state index is 0. The third kappa shape index (κ3) is 4.96. The second-order valence-electron chi connectivity index (χ2n) is 6.32. The van der Waals surface area contributed by atoms with Gasteiger partial charge in [-0.2, -0.15) is 5.10 Å². The first-order chi connectivity index (χ1) is 11.2. The van der Waals surface area contributed by atoms with E-state index >= 15 is 0 Å². The van der Waals surface area contributed by atoms with Gasteiger partial charge in [-0.05, 0) is 36.0 Å². The molecule has 0 bridgehead atoms. The molecule has 1 aliphatic rings. The van der Waals surface area contributed by atoms with Crippen LogP contribution < -0.4 is 5.73 Å². The summed E-state index contributed by atoms with van der Waals surface area (Å²) in [5, 5.41) is 4.28. The van der Waals surface area contributed by atoms with Crippen LogP contribution in [0.25, 0.3) is 0 Å². The minimum absolute atomic E-state index is 0. The highest BCUT2D eigenvalue weighted by molar-refractivity contribution is 14.0. The molecule has 3 rings (SSSR count). The summed E-state index contributed by atoms with van der Waals surface area (Å²) in [5.74, 6) is 1.47. The summed E-state index contributed by atoms with van der Waals surface area (Å²) in [4.78, 5) is 6.83. The summed E-state index contributed by atoms with van der Waals surface area (Å²) < 4.78 is 1.93. The first kappa shape index (κ1) is 18.8. The van der Waals surface area contributed by atoms with Crippen LogP contribution in [0.15, 0.2) is 47.7 Å². The molecule has 1 aliphatic heterocycles. The molecule has 0 radical (unpaired) electrons. The SMILES string of the molecule is CC1CCN(C(N)=NCc2ccccc2Cn2cccn2)CC1.I. The number of aliphatic imine (C=N–C) groups is 1. The van der Waals surface area contributed by atoms with E-state index in [0.717, 1.165) is 25.6 Å². The van der Waals surface area contributed by atoms with Crippen molar-refractivity contribution < 1.29 is 0 Å². The summed E-state index contributed by atoms with van der Waals surface area (Å²) in [6.07, 6.45) is 6.18. The lowest BCUT2D eigenvalue weighted by Crippen LogP contribution is -2.42. The number of rotatable bonds is 4. The predicted octanol–water partition coefficient (Wildman–Crippen LogP) is 3.10. The quantitative estimate of drug-likeness (QED) is 0.453. The molecule has 5 nitrogen and oxygen atoms in total. The van der Waals surface area contributed by atoms with Gasteiger partial charge >= 0.3 is 0 Å². The lowest BCUT2D eigenvalue weighted by Gasteiger charge is -2.31. The zero-order chi connectivity index (χ0) is 16.1. The molecule has 1 aromatic heterocycles. The Morgan fingerprint density at radius 1 is 1.21 bits per heavy atom. The molecule has 0 amide bonds. The Morgan fingerprint density at radius 3 is 2.58 bits per heavy atom. The van der Waals surface area contributed by atoms with Gasteiger partial charge in [0.1, 0.15) is 0 Å². The lowest BCUT2D eigenvalue weighted by atomic mass is 10.00. The molecule has 2 heterocycles. The number of aromatic nitrogens is 2. The molecule has 0 atom stereocenters. The van der Waals surface area contributed by atoms with Gasteiger partial charge in [-0.3, -0.25) is 4.68 Å². The molecular weight excluding hydrogens is 413 g/mol. The molecule has 24 heavy (non-hydrogen) atoms. The van der Waals surface area contributed by atoms with Crippen LogP contribution in [0.1, 0.15) is 30.9 Å². The van der Waals surface area contributed by atoms with Gasteiger partial charge < -0.3 is 10.6 Å². The zero-order valence-corrected chi connectivity index (χ0v) is 16.5. The summed E-state index contributed by atoms with van der Waals surface area (Å²) >= 11 is 0. The van der Waals surface area contributed by atoms with Crippen molar-refractivity contribution in [2.24, 2.45) is 16.6 Å². The Kier molecular flexibility index (Phi) is 7.08. The molecule has 1 saturated heterocycles. The van der Waals surface area contributed by atoms with E-state index in [0.29, 0.717) is 12.5 Å². The molecule has 6 heteroatoms. The molecule has 0 aliphatic carbocycles. The van der Waals surface area contributed by atoms with Gasteiger partial charge in [0.05, 0.1) is 13.1 Å². The highest BCUT2D eigenvalue weighted by Crippen LogP contribution is 2.16. The first-order valence-corrected chi connectivity index (χ1v) is 8.31. The Labute approximate surface area is 161 Å². The van der Waals surface area contributed by atoms with Crippen LogP contribution in [0.3, 0.4) is 0 Å². The molecule has 130 valence electrons. The summed E-state index contributed by atoms with van der Waals surface area (Å²) in [6.45, 7) is 5.72. The molecular formula is C18H26IN5. The van der Waals surface area contributed by atoms with Crippen LogP contribution in [-0.2, 0) is 13.1 Å². The molecule has 2 N–H and O–H groups in total. The molecule has 0 saturated carbocycles. The minimum Gasteiger partial charge on any atom is -0.370 e. The highest BCUT2D eigenvalue weighted by Gasteiger charge is 2.16. The summed E-state index contributed by atoms with van der Waals surface area (Å²) in [7, 11) is 0. The van der Waals surface area contributed by atoms with Gasteiger partial charge in [-0.25, -0.2) is 4.99 Å². The Balaban J connectivity index is 0.00000208. The van der Waals surface area contributed by atoms with Crippen LogP contribution in [0.4, 0.5) is 0 Å². The van der Waals surface area contributed by atoms with E-state index in [1.165, 1.54) is 24.0 Å². The zero-order valence-electron chi connectivity index (χ0n) is 14.1. The van der Waals surface area contributed by atoms with Gasteiger partial charge in [0.2, 0.25) is 0 Å². The van der Waals surface area contributed by atoms with Crippen LogP contribution >= 0.6 is 24.0 Å². The monoisotopic (exact) mass is 439 g/mol. The second kappa shape index (κ2) is 9.05. The normalized spacial score (nSPS) is 16.0. The van der Waals surface area contributed by atoms with Crippen LogP contribution in [0.2, 0.25) is 0 Å². The van der Waals surface area contributed by atoms with Crippen molar-refractivity contribution >= 4 is 29.9 Å². The lowest BCUT2D eigenvalue weighted by molar-refractivity contribution is 0.277. The summed E-state index contributed by atoms with van der Waals surface area (Å²) in [6, 6.07) is 10.3. The molecule has 1 fully saturated rings. The predicted molar refractivity (Wildman–Crippen MR) is 108 cm³/mol. The smallest absolute Gasteiger partial charge is 0.191 e. The highest BCUT2D eigenvalue weighted by atomic mass is 127. The fraction of sp³-hybridized carbons (Fsp3) is 0.444. The standard InChI is InChI=1S/C18H25N5.HI/c1-15-7-11-22(12-8-15)18(19)20-13-16-5-2-3-6-17(16)14-23-10-4-9-21-23;/h2-6,9-10,15H,7-8,11-14H2,1H3,(H2,19,20);1H. The van der Waals surface area contributed by atoms with Crippen molar-refractivity contribution in [1.82, 2.24) is 14.7 Å². The summed E-state index contributed by atoms with van der Waals surface area (Å²) in [5.41, 5.74) is 8.63. The Bertz CT molecular complexity index is 645. The van der Waals surface area contributed by atoms with E-state index in [-0.39, 0.29) is 24.0 Å². The number of guanidine groups is 1. The van der Waals surface area contributed by atoms with Crippen molar-refractivity contribution in [1.29, 1.82) is 0 Å². The van der Waals surface area contributed by atoms with Crippen molar-refractivity contribution in [2.75, 3.05) is 13.1 Å². The van der Waals surface area contributed by atoms with Crippen LogP contribution in [0, 0.1) is 5.92 Å². The maximum absolute atomic E-state index is 6.19. The fourth-order valence-electron chi connectivity index (χ4n) is 2.94. The maximum atomic E-state index is 6.19. The average molecular weight is 439 g/mol. The Morgan fingerprint density at radius 2 is 1.92 bits per heavy atom. The van der Waals surface area contributed by atoms with E-state index < -0.39 is 0 Å². The fourth-order valence-corrected chi connectivity index (χ4v) is 2.94. The van der Waals surface area contributed by atoms with Gasteiger partial charge in [-0.15, -0.1) is 24.0 Å². The number of hydrogen-bond donors (Lipinski definition) is 1. The molecule has 2 aromatic rings. The van der Waals surface area contributed by atoms with Crippen molar-refractivity contribution in [3.63, 3.8) is 0 Å². The van der Waals surface area contributed by atoms with E-state index in [1.54, 1.807) is 6.20 Å². The van der Waals surface area contributed by atoms with E-state index in [9.17, 15) is 0 Å². The van der Waals surface area contributed by atoms with Crippen molar-refractivity contribution in [3.8, 4) is 0 Å². The van der Waals surface area contributed by atoms with E-state index in [1.807, 2.05) is 16.9 Å². The number of halogens is 1. The average Bonchev–Trinajstić information content (AvgIpc) is 3.07.